The van der Waals surface area contributed by atoms with Crippen molar-refractivity contribution in [1.82, 2.24) is 0 Å². The monoisotopic (exact) mass is 263 g/mol. The van der Waals surface area contributed by atoms with E-state index in [-0.39, 0.29) is 5.82 Å². The molecule has 0 saturated carbocycles. The number of anilines is 1. The molecule has 0 aliphatic carbocycles. The fourth-order valence-electron chi connectivity index (χ4n) is 1.56. The summed E-state index contributed by atoms with van der Waals surface area (Å²) >= 11 is 1.51. The lowest BCUT2D eigenvalue weighted by Gasteiger charge is -2.07. The van der Waals surface area contributed by atoms with Gasteiger partial charge in [0, 0.05) is 16.3 Å². The summed E-state index contributed by atoms with van der Waals surface area (Å²) in [5.74, 6) is 1.28. The molecule has 2 rings (SSSR count). The van der Waals surface area contributed by atoms with Crippen LogP contribution < -0.4 is 10.5 Å². The molecule has 0 aromatic heterocycles. The average Bonchev–Trinajstić information content (AvgIpc) is 2.40. The summed E-state index contributed by atoms with van der Waals surface area (Å²) in [4.78, 5) is 0.762. The molecule has 2 aromatic rings. The number of thioether (sulfide) groups is 1. The van der Waals surface area contributed by atoms with Crippen molar-refractivity contribution in [2.75, 3.05) is 12.8 Å². The summed E-state index contributed by atoms with van der Waals surface area (Å²) in [6.07, 6.45) is 0. The van der Waals surface area contributed by atoms with Gasteiger partial charge in [-0.15, -0.1) is 11.8 Å². The van der Waals surface area contributed by atoms with Gasteiger partial charge in [-0.05, 0) is 35.9 Å². The fraction of sp³-hybridized carbons (Fsp3) is 0.143. The van der Waals surface area contributed by atoms with Gasteiger partial charge in [0.05, 0.1) is 7.11 Å². The minimum Gasteiger partial charge on any atom is -0.497 e. The van der Waals surface area contributed by atoms with Crippen molar-refractivity contribution >= 4 is 17.4 Å². The number of rotatable bonds is 4. The van der Waals surface area contributed by atoms with Crippen molar-refractivity contribution in [2.45, 2.75) is 10.6 Å². The molecule has 2 nitrogen and oxygen atoms in total. The Bertz CT molecular complexity index is 545. The Hall–Kier alpha value is -1.68. The van der Waals surface area contributed by atoms with Crippen LogP contribution >= 0.6 is 11.8 Å². The van der Waals surface area contributed by atoms with E-state index >= 15 is 0 Å². The number of hydrogen-bond donors (Lipinski definition) is 1. The van der Waals surface area contributed by atoms with Gasteiger partial charge in [-0.3, -0.25) is 0 Å². The van der Waals surface area contributed by atoms with Crippen molar-refractivity contribution in [3.63, 3.8) is 0 Å². The first kappa shape index (κ1) is 12.8. The smallest absolute Gasteiger partial charge is 0.124 e. The molecular formula is C14H14FNOS. The third-order valence-corrected chi connectivity index (χ3v) is 3.65. The largest absolute Gasteiger partial charge is 0.497 e. The van der Waals surface area contributed by atoms with Crippen molar-refractivity contribution in [3.05, 3.63) is 53.8 Å². The number of halogens is 1. The minimum absolute atomic E-state index is 0.266. The molecule has 94 valence electrons. The zero-order chi connectivity index (χ0) is 13.0. The molecule has 0 amide bonds. The molecule has 2 aromatic carbocycles. The van der Waals surface area contributed by atoms with Crippen molar-refractivity contribution in [2.24, 2.45) is 0 Å². The van der Waals surface area contributed by atoms with E-state index in [0.717, 1.165) is 22.0 Å². The van der Waals surface area contributed by atoms with E-state index in [1.807, 2.05) is 24.3 Å². The maximum Gasteiger partial charge on any atom is 0.124 e. The van der Waals surface area contributed by atoms with Gasteiger partial charge >= 0.3 is 0 Å². The Kier molecular flexibility index (Phi) is 4.10. The topological polar surface area (TPSA) is 35.2 Å². The highest BCUT2D eigenvalue weighted by atomic mass is 32.2. The number of methoxy groups -OCH3 is 1. The van der Waals surface area contributed by atoms with E-state index in [1.54, 1.807) is 13.2 Å². The zero-order valence-corrected chi connectivity index (χ0v) is 10.8. The highest BCUT2D eigenvalue weighted by molar-refractivity contribution is 7.98. The van der Waals surface area contributed by atoms with Gasteiger partial charge in [-0.1, -0.05) is 12.1 Å². The quantitative estimate of drug-likeness (QED) is 0.674. The van der Waals surface area contributed by atoms with Crippen LogP contribution in [0.25, 0.3) is 0 Å². The molecule has 0 saturated heterocycles. The molecule has 0 fully saturated rings. The highest BCUT2D eigenvalue weighted by Crippen LogP contribution is 2.29. The number of nitrogen functional groups attached to an aromatic ring is 1. The van der Waals surface area contributed by atoms with Gasteiger partial charge in [-0.2, -0.15) is 0 Å². The number of hydrogen-bond acceptors (Lipinski definition) is 3. The predicted molar refractivity (Wildman–Crippen MR) is 73.4 cm³/mol. The second-order valence-corrected chi connectivity index (χ2v) is 4.84. The van der Waals surface area contributed by atoms with Crippen molar-refractivity contribution in [3.8, 4) is 5.75 Å². The van der Waals surface area contributed by atoms with Crippen LogP contribution in [0.1, 0.15) is 5.56 Å². The molecule has 18 heavy (non-hydrogen) atoms. The van der Waals surface area contributed by atoms with Gasteiger partial charge in [0.1, 0.15) is 11.6 Å². The SMILES string of the molecule is COc1cccc(CSc2cc(F)ccc2N)c1. The van der Waals surface area contributed by atoms with E-state index in [4.69, 9.17) is 10.5 Å². The lowest BCUT2D eigenvalue weighted by atomic mass is 10.2. The zero-order valence-electron chi connectivity index (χ0n) is 10.0. The lowest BCUT2D eigenvalue weighted by Crippen LogP contribution is -1.90. The summed E-state index contributed by atoms with van der Waals surface area (Å²) in [6.45, 7) is 0. The third kappa shape index (κ3) is 3.17. The van der Waals surface area contributed by atoms with Crippen LogP contribution in [0.3, 0.4) is 0 Å². The van der Waals surface area contributed by atoms with Crippen LogP contribution in [-0.4, -0.2) is 7.11 Å². The van der Waals surface area contributed by atoms with Gasteiger partial charge in [0.25, 0.3) is 0 Å². The molecule has 0 aliphatic rings. The van der Waals surface area contributed by atoms with E-state index < -0.39 is 0 Å². The van der Waals surface area contributed by atoms with Crippen molar-refractivity contribution < 1.29 is 9.13 Å². The second-order valence-electron chi connectivity index (χ2n) is 3.82. The maximum atomic E-state index is 13.1. The average molecular weight is 263 g/mol. The van der Waals surface area contributed by atoms with Crippen LogP contribution in [0.5, 0.6) is 5.75 Å². The minimum atomic E-state index is -0.266. The Morgan fingerprint density at radius 3 is 2.83 bits per heavy atom. The van der Waals surface area contributed by atoms with Gasteiger partial charge in [0.15, 0.2) is 0 Å². The molecule has 0 unspecified atom stereocenters. The molecule has 0 bridgehead atoms. The third-order valence-electron chi connectivity index (χ3n) is 2.50. The summed E-state index contributed by atoms with van der Waals surface area (Å²) in [6, 6.07) is 12.2. The summed E-state index contributed by atoms with van der Waals surface area (Å²) in [7, 11) is 1.64. The predicted octanol–water partition coefficient (Wildman–Crippen LogP) is 3.71. The van der Waals surface area contributed by atoms with Crippen LogP contribution in [0.4, 0.5) is 10.1 Å². The number of nitrogens with two attached hydrogens (primary N) is 1. The first-order valence-electron chi connectivity index (χ1n) is 5.50. The Labute approximate surface area is 110 Å². The summed E-state index contributed by atoms with van der Waals surface area (Å²) < 4.78 is 18.3. The molecule has 0 aliphatic heterocycles. The highest BCUT2D eigenvalue weighted by Gasteiger charge is 2.03. The molecule has 2 N–H and O–H groups in total. The van der Waals surface area contributed by atoms with Crippen LogP contribution in [0.2, 0.25) is 0 Å². The Morgan fingerprint density at radius 2 is 2.06 bits per heavy atom. The summed E-state index contributed by atoms with van der Waals surface area (Å²) in [5.41, 5.74) is 7.51. The maximum absolute atomic E-state index is 13.1. The number of ether oxygens (including phenoxy) is 1. The number of benzene rings is 2. The standard InChI is InChI=1S/C14H14FNOS/c1-17-12-4-2-3-10(7-12)9-18-14-8-11(15)5-6-13(14)16/h2-8H,9,16H2,1H3. The first-order valence-corrected chi connectivity index (χ1v) is 6.48. The Morgan fingerprint density at radius 1 is 1.22 bits per heavy atom. The fourth-order valence-corrected chi connectivity index (χ4v) is 2.49. The first-order chi connectivity index (χ1) is 8.69. The van der Waals surface area contributed by atoms with Gasteiger partial charge in [-0.25, -0.2) is 4.39 Å². The van der Waals surface area contributed by atoms with Crippen molar-refractivity contribution in [1.29, 1.82) is 0 Å². The second kappa shape index (κ2) is 5.78. The molecule has 0 spiro atoms. The van der Waals surface area contributed by atoms with Gasteiger partial charge < -0.3 is 10.5 Å². The van der Waals surface area contributed by atoms with Crippen LogP contribution in [-0.2, 0) is 5.75 Å². The molecule has 4 heteroatoms. The van der Waals surface area contributed by atoms with Gasteiger partial charge in [0.2, 0.25) is 0 Å². The molecule has 0 heterocycles. The molecule has 0 atom stereocenters. The Balaban J connectivity index is 2.08. The van der Waals surface area contributed by atoms with E-state index in [0.29, 0.717) is 5.69 Å². The van der Waals surface area contributed by atoms with E-state index in [1.165, 1.54) is 23.9 Å². The van der Waals surface area contributed by atoms with Crippen LogP contribution in [0, 0.1) is 5.82 Å². The normalized spacial score (nSPS) is 10.3. The van der Waals surface area contributed by atoms with E-state index in [2.05, 4.69) is 0 Å². The van der Waals surface area contributed by atoms with E-state index in [9.17, 15) is 4.39 Å². The van der Waals surface area contributed by atoms with Crippen LogP contribution in [0.15, 0.2) is 47.4 Å². The molecular weight excluding hydrogens is 249 g/mol. The summed E-state index contributed by atoms with van der Waals surface area (Å²) in [5, 5.41) is 0. The lowest BCUT2D eigenvalue weighted by molar-refractivity contribution is 0.414. The molecule has 0 radical (unpaired) electrons.